The number of carbonyl (C=O) groups is 1. The van der Waals surface area contributed by atoms with Gasteiger partial charge < -0.3 is 5.73 Å². The first-order chi connectivity index (χ1) is 5.49. The van der Waals surface area contributed by atoms with Crippen molar-refractivity contribution in [2.45, 2.75) is 44.7 Å². The molecule has 1 amide bonds. The van der Waals surface area contributed by atoms with Crippen molar-refractivity contribution in [1.82, 2.24) is 0 Å². The third kappa shape index (κ3) is 2.80. The molecule has 3 heteroatoms. The van der Waals surface area contributed by atoms with Gasteiger partial charge in [-0.25, -0.2) is 4.39 Å². The number of amides is 1. The van der Waals surface area contributed by atoms with Crippen molar-refractivity contribution < 1.29 is 9.18 Å². The molecule has 0 aromatic rings. The van der Waals surface area contributed by atoms with Crippen LogP contribution in [0.1, 0.15) is 39.0 Å². The van der Waals surface area contributed by atoms with Gasteiger partial charge in [-0.3, -0.25) is 4.79 Å². The molecule has 0 heterocycles. The molecule has 0 unspecified atom stereocenters. The SMILES string of the molecule is CC1(F)CCC(CC(N)=O)CC1. The zero-order valence-electron chi connectivity index (χ0n) is 7.48. The van der Waals surface area contributed by atoms with Gasteiger partial charge in [0.2, 0.25) is 5.91 Å². The molecule has 0 aromatic carbocycles. The summed E-state index contributed by atoms with van der Waals surface area (Å²) >= 11 is 0. The smallest absolute Gasteiger partial charge is 0.217 e. The van der Waals surface area contributed by atoms with E-state index in [9.17, 15) is 9.18 Å². The predicted octanol–water partition coefficient (Wildman–Crippen LogP) is 1.78. The Hall–Kier alpha value is -0.600. The van der Waals surface area contributed by atoms with Crippen LogP contribution in [0.2, 0.25) is 0 Å². The summed E-state index contributed by atoms with van der Waals surface area (Å²) < 4.78 is 13.3. The summed E-state index contributed by atoms with van der Waals surface area (Å²) in [6, 6.07) is 0. The second-order valence-corrected chi connectivity index (χ2v) is 4.03. The van der Waals surface area contributed by atoms with Crippen LogP contribution in [0.25, 0.3) is 0 Å². The van der Waals surface area contributed by atoms with Crippen LogP contribution in [-0.2, 0) is 4.79 Å². The van der Waals surface area contributed by atoms with E-state index in [1.165, 1.54) is 0 Å². The number of primary amides is 1. The Kier molecular flexibility index (Phi) is 2.70. The Bertz CT molecular complexity index is 169. The van der Waals surface area contributed by atoms with Crippen LogP contribution in [0.3, 0.4) is 0 Å². The highest BCUT2D eigenvalue weighted by Crippen LogP contribution is 2.35. The van der Waals surface area contributed by atoms with Crippen LogP contribution < -0.4 is 5.73 Å². The van der Waals surface area contributed by atoms with Gasteiger partial charge in [0.1, 0.15) is 5.67 Å². The van der Waals surface area contributed by atoms with Crippen molar-refractivity contribution in [2.24, 2.45) is 11.7 Å². The van der Waals surface area contributed by atoms with Crippen LogP contribution in [-0.4, -0.2) is 11.6 Å². The Morgan fingerprint density at radius 1 is 1.58 bits per heavy atom. The van der Waals surface area contributed by atoms with Gasteiger partial charge in [0.15, 0.2) is 0 Å². The van der Waals surface area contributed by atoms with Crippen molar-refractivity contribution in [3.8, 4) is 0 Å². The maximum Gasteiger partial charge on any atom is 0.217 e. The lowest BCUT2D eigenvalue weighted by molar-refractivity contribution is -0.119. The van der Waals surface area contributed by atoms with E-state index in [0.29, 0.717) is 25.2 Å². The lowest BCUT2D eigenvalue weighted by atomic mass is 9.79. The van der Waals surface area contributed by atoms with Gasteiger partial charge >= 0.3 is 0 Å². The monoisotopic (exact) mass is 173 g/mol. The molecule has 70 valence electrons. The van der Waals surface area contributed by atoms with Gasteiger partial charge in [-0.15, -0.1) is 0 Å². The highest BCUT2D eigenvalue weighted by Gasteiger charge is 2.30. The van der Waals surface area contributed by atoms with E-state index in [1.54, 1.807) is 6.92 Å². The minimum absolute atomic E-state index is 0.262. The molecule has 12 heavy (non-hydrogen) atoms. The lowest BCUT2D eigenvalue weighted by Gasteiger charge is -2.30. The molecule has 0 bridgehead atoms. The molecule has 2 N–H and O–H groups in total. The first-order valence-corrected chi connectivity index (χ1v) is 4.47. The van der Waals surface area contributed by atoms with E-state index < -0.39 is 5.67 Å². The number of halogens is 1. The molecular weight excluding hydrogens is 157 g/mol. The van der Waals surface area contributed by atoms with Gasteiger partial charge in [-0.1, -0.05) is 0 Å². The highest BCUT2D eigenvalue weighted by molar-refractivity contribution is 5.73. The lowest BCUT2D eigenvalue weighted by Crippen LogP contribution is -2.28. The fourth-order valence-electron chi connectivity index (χ4n) is 1.77. The molecule has 1 aliphatic carbocycles. The second kappa shape index (κ2) is 3.42. The zero-order valence-corrected chi connectivity index (χ0v) is 7.48. The third-order valence-electron chi connectivity index (χ3n) is 2.64. The molecule has 0 saturated heterocycles. The molecular formula is C9H16FNO. The number of hydrogen-bond donors (Lipinski definition) is 1. The summed E-state index contributed by atoms with van der Waals surface area (Å²) in [7, 11) is 0. The molecule has 0 atom stereocenters. The Morgan fingerprint density at radius 3 is 2.50 bits per heavy atom. The summed E-state index contributed by atoms with van der Waals surface area (Å²) in [6.07, 6.45) is 3.18. The average Bonchev–Trinajstić information content (AvgIpc) is 1.93. The van der Waals surface area contributed by atoms with E-state index in [0.717, 1.165) is 12.8 Å². The van der Waals surface area contributed by atoms with E-state index in [-0.39, 0.29) is 5.91 Å². The third-order valence-corrected chi connectivity index (χ3v) is 2.64. The molecule has 0 spiro atoms. The summed E-state index contributed by atoms with van der Waals surface area (Å²) in [5.74, 6) is 0.0637. The zero-order chi connectivity index (χ0) is 9.19. The van der Waals surface area contributed by atoms with Crippen molar-refractivity contribution in [3.63, 3.8) is 0 Å². The first-order valence-electron chi connectivity index (χ1n) is 4.47. The van der Waals surface area contributed by atoms with Gasteiger partial charge in [-0.2, -0.15) is 0 Å². The maximum atomic E-state index is 13.3. The molecule has 1 aliphatic rings. The predicted molar refractivity (Wildman–Crippen MR) is 45.3 cm³/mol. The minimum Gasteiger partial charge on any atom is -0.370 e. The maximum absolute atomic E-state index is 13.3. The molecule has 0 aliphatic heterocycles. The van der Waals surface area contributed by atoms with E-state index in [4.69, 9.17) is 5.73 Å². The van der Waals surface area contributed by atoms with Crippen LogP contribution in [0.5, 0.6) is 0 Å². The molecule has 1 fully saturated rings. The van der Waals surface area contributed by atoms with Crippen molar-refractivity contribution in [2.75, 3.05) is 0 Å². The molecule has 0 radical (unpaired) electrons. The first kappa shape index (κ1) is 9.49. The number of alkyl halides is 1. The van der Waals surface area contributed by atoms with Crippen LogP contribution in [0.4, 0.5) is 4.39 Å². The van der Waals surface area contributed by atoms with Gasteiger partial charge in [0.25, 0.3) is 0 Å². The van der Waals surface area contributed by atoms with Crippen molar-refractivity contribution >= 4 is 5.91 Å². The summed E-state index contributed by atoms with van der Waals surface area (Å²) in [5, 5.41) is 0. The van der Waals surface area contributed by atoms with Gasteiger partial charge in [-0.05, 0) is 38.5 Å². The number of rotatable bonds is 2. The van der Waals surface area contributed by atoms with E-state index in [2.05, 4.69) is 0 Å². The van der Waals surface area contributed by atoms with E-state index >= 15 is 0 Å². The van der Waals surface area contributed by atoms with Crippen molar-refractivity contribution in [3.05, 3.63) is 0 Å². The van der Waals surface area contributed by atoms with Crippen LogP contribution >= 0.6 is 0 Å². The molecule has 0 aromatic heterocycles. The topological polar surface area (TPSA) is 43.1 Å². The summed E-state index contributed by atoms with van der Waals surface area (Å²) in [4.78, 5) is 10.6. The standard InChI is InChI=1S/C9H16FNO/c1-9(10)4-2-7(3-5-9)6-8(11)12/h7H,2-6H2,1H3,(H2,11,12). The largest absolute Gasteiger partial charge is 0.370 e. The minimum atomic E-state index is -1.01. The Morgan fingerprint density at radius 2 is 2.08 bits per heavy atom. The number of nitrogens with two attached hydrogens (primary N) is 1. The van der Waals surface area contributed by atoms with E-state index in [1.807, 2.05) is 0 Å². The quantitative estimate of drug-likeness (QED) is 0.679. The van der Waals surface area contributed by atoms with Crippen LogP contribution in [0.15, 0.2) is 0 Å². The van der Waals surface area contributed by atoms with Gasteiger partial charge in [0, 0.05) is 6.42 Å². The fourth-order valence-corrected chi connectivity index (χ4v) is 1.77. The number of hydrogen-bond acceptors (Lipinski definition) is 1. The average molecular weight is 173 g/mol. The Balaban J connectivity index is 2.31. The van der Waals surface area contributed by atoms with Crippen LogP contribution in [0, 0.1) is 5.92 Å². The fraction of sp³-hybridized carbons (Fsp3) is 0.889. The van der Waals surface area contributed by atoms with Gasteiger partial charge in [0.05, 0.1) is 0 Å². The molecule has 1 rings (SSSR count). The second-order valence-electron chi connectivity index (χ2n) is 4.03. The van der Waals surface area contributed by atoms with Crippen molar-refractivity contribution in [1.29, 1.82) is 0 Å². The highest BCUT2D eigenvalue weighted by atomic mass is 19.1. The number of carbonyl (C=O) groups excluding carboxylic acids is 1. The normalized spacial score (nSPS) is 36.3. The molecule has 2 nitrogen and oxygen atoms in total. The summed E-state index contributed by atoms with van der Waals surface area (Å²) in [6.45, 7) is 1.63. The molecule has 1 saturated carbocycles. The Labute approximate surface area is 72.3 Å². The summed E-state index contributed by atoms with van der Waals surface area (Å²) in [5.41, 5.74) is 4.05.